The van der Waals surface area contributed by atoms with E-state index in [0.29, 0.717) is 23.8 Å². The molecule has 0 saturated heterocycles. The zero-order chi connectivity index (χ0) is 15.5. The van der Waals surface area contributed by atoms with Crippen LogP contribution < -0.4 is 10.5 Å². The molecule has 1 aromatic carbocycles. The van der Waals surface area contributed by atoms with Gasteiger partial charge in [0.05, 0.1) is 18.8 Å². The molecule has 0 amide bonds. The van der Waals surface area contributed by atoms with Crippen molar-refractivity contribution in [1.29, 1.82) is 0 Å². The second-order valence-corrected chi connectivity index (χ2v) is 6.18. The highest BCUT2D eigenvalue weighted by Crippen LogP contribution is 2.24. The summed E-state index contributed by atoms with van der Waals surface area (Å²) in [6, 6.07) is 8.50. The highest BCUT2D eigenvalue weighted by Gasteiger charge is 2.22. The molecular weight excluding hydrogens is 292 g/mol. The van der Waals surface area contributed by atoms with Gasteiger partial charge in [0.2, 0.25) is 0 Å². The molecule has 6 nitrogen and oxygen atoms in total. The van der Waals surface area contributed by atoms with E-state index in [2.05, 4.69) is 4.72 Å². The zero-order valence-corrected chi connectivity index (χ0v) is 12.7. The summed E-state index contributed by atoms with van der Waals surface area (Å²) in [7, 11) is -2.17. The van der Waals surface area contributed by atoms with Gasteiger partial charge in [-0.2, -0.15) is 0 Å². The van der Waals surface area contributed by atoms with Crippen LogP contribution >= 0.6 is 0 Å². The van der Waals surface area contributed by atoms with Crippen LogP contribution in [0.15, 0.2) is 39.6 Å². The first-order valence-electron chi connectivity index (χ1n) is 6.37. The monoisotopic (exact) mass is 310 g/mol. The van der Waals surface area contributed by atoms with E-state index in [1.165, 1.54) is 6.07 Å². The van der Waals surface area contributed by atoms with Crippen molar-refractivity contribution in [3.05, 3.63) is 47.4 Å². The number of hydrogen-bond donors (Lipinski definition) is 2. The van der Waals surface area contributed by atoms with Crippen LogP contribution in [-0.2, 0) is 27.9 Å². The molecule has 114 valence electrons. The Bertz CT molecular complexity index is 722. The largest absolute Gasteiger partial charge is 0.464 e. The quantitative estimate of drug-likeness (QED) is 0.851. The Labute approximate surface area is 124 Å². The lowest BCUT2D eigenvalue weighted by atomic mass is 10.2. The normalized spacial score (nSPS) is 11.6. The van der Waals surface area contributed by atoms with Crippen molar-refractivity contribution in [2.75, 3.05) is 11.8 Å². The summed E-state index contributed by atoms with van der Waals surface area (Å²) in [5, 5.41) is 0. The summed E-state index contributed by atoms with van der Waals surface area (Å²) in [5.41, 5.74) is 6.70. The van der Waals surface area contributed by atoms with Crippen LogP contribution in [0, 0.1) is 6.92 Å². The number of methoxy groups -OCH3 is 1. The van der Waals surface area contributed by atoms with Crippen LogP contribution in [0.2, 0.25) is 0 Å². The molecule has 7 heteroatoms. The molecule has 0 aliphatic rings. The number of sulfonamides is 1. The second kappa shape index (κ2) is 6.30. The molecule has 21 heavy (non-hydrogen) atoms. The molecule has 0 aliphatic heterocycles. The van der Waals surface area contributed by atoms with E-state index in [4.69, 9.17) is 14.9 Å². The van der Waals surface area contributed by atoms with Crippen molar-refractivity contribution in [3.8, 4) is 0 Å². The summed E-state index contributed by atoms with van der Waals surface area (Å²) in [4.78, 5) is 0.0927. The maximum absolute atomic E-state index is 12.5. The van der Waals surface area contributed by atoms with E-state index in [-0.39, 0.29) is 11.4 Å². The van der Waals surface area contributed by atoms with Crippen molar-refractivity contribution >= 4 is 15.7 Å². The van der Waals surface area contributed by atoms with E-state index in [1.807, 2.05) is 6.07 Å². The van der Waals surface area contributed by atoms with Gasteiger partial charge in [-0.1, -0.05) is 18.2 Å². The molecule has 0 saturated carbocycles. The lowest BCUT2D eigenvalue weighted by molar-refractivity contribution is 0.185. The first kappa shape index (κ1) is 15.6. The molecule has 3 N–H and O–H groups in total. The molecule has 0 radical (unpaired) electrons. The fourth-order valence-corrected chi connectivity index (χ4v) is 3.30. The average Bonchev–Trinajstić information content (AvgIpc) is 2.83. The Morgan fingerprint density at radius 2 is 2.05 bits per heavy atom. The molecule has 0 spiro atoms. The van der Waals surface area contributed by atoms with Gasteiger partial charge >= 0.3 is 0 Å². The second-order valence-electron chi connectivity index (χ2n) is 4.53. The highest BCUT2D eigenvalue weighted by molar-refractivity contribution is 7.92. The van der Waals surface area contributed by atoms with Crippen LogP contribution in [0.3, 0.4) is 0 Å². The van der Waals surface area contributed by atoms with Gasteiger partial charge in [0, 0.05) is 18.7 Å². The standard InChI is InChI=1S/C14H18N2O4S/c1-10-14(7-12(8-15)20-10)21(17,18)16-13-6-4-3-5-11(13)9-19-2/h3-7,16H,8-9,15H2,1-2H3. The van der Waals surface area contributed by atoms with E-state index in [1.54, 1.807) is 32.2 Å². The number of rotatable bonds is 6. The maximum atomic E-state index is 12.5. The van der Waals surface area contributed by atoms with Gasteiger partial charge in [0.25, 0.3) is 10.0 Å². The van der Waals surface area contributed by atoms with E-state index >= 15 is 0 Å². The number of aryl methyl sites for hydroxylation is 1. The van der Waals surface area contributed by atoms with Crippen molar-refractivity contribution in [1.82, 2.24) is 0 Å². The molecule has 0 atom stereocenters. The summed E-state index contributed by atoms with van der Waals surface area (Å²) >= 11 is 0. The summed E-state index contributed by atoms with van der Waals surface area (Å²) in [6.45, 7) is 2.06. The third kappa shape index (κ3) is 3.44. The van der Waals surface area contributed by atoms with Crippen LogP contribution in [0.25, 0.3) is 0 Å². The number of hydrogen-bond acceptors (Lipinski definition) is 5. The number of ether oxygens (including phenoxy) is 1. The highest BCUT2D eigenvalue weighted by atomic mass is 32.2. The number of benzene rings is 1. The molecule has 1 aromatic heterocycles. The summed E-state index contributed by atoms with van der Waals surface area (Å²) in [5.74, 6) is 0.741. The lowest BCUT2D eigenvalue weighted by Crippen LogP contribution is -2.14. The lowest BCUT2D eigenvalue weighted by Gasteiger charge is -2.11. The Kier molecular flexibility index (Phi) is 4.66. The van der Waals surface area contributed by atoms with Gasteiger partial charge in [-0.25, -0.2) is 8.42 Å². The van der Waals surface area contributed by atoms with Crippen LogP contribution in [-0.4, -0.2) is 15.5 Å². The van der Waals surface area contributed by atoms with Gasteiger partial charge in [-0.3, -0.25) is 4.72 Å². The predicted molar refractivity (Wildman–Crippen MR) is 79.3 cm³/mol. The molecule has 0 bridgehead atoms. The molecule has 0 fully saturated rings. The van der Waals surface area contributed by atoms with Crippen molar-refractivity contribution < 1.29 is 17.6 Å². The van der Waals surface area contributed by atoms with Crippen molar-refractivity contribution in [2.45, 2.75) is 25.0 Å². The Morgan fingerprint density at radius 3 is 2.67 bits per heavy atom. The third-order valence-corrected chi connectivity index (χ3v) is 4.45. The number of nitrogens with one attached hydrogen (secondary N) is 1. The fourth-order valence-electron chi connectivity index (χ4n) is 1.99. The molecule has 2 rings (SSSR count). The molecule has 1 heterocycles. The molecule has 2 aromatic rings. The predicted octanol–water partition coefficient (Wildman–Crippen LogP) is 1.99. The van der Waals surface area contributed by atoms with Crippen molar-refractivity contribution in [2.24, 2.45) is 5.73 Å². The van der Waals surface area contributed by atoms with Gasteiger partial charge in [0.15, 0.2) is 0 Å². The first-order chi connectivity index (χ1) is 9.97. The van der Waals surface area contributed by atoms with Crippen molar-refractivity contribution in [3.63, 3.8) is 0 Å². The minimum Gasteiger partial charge on any atom is -0.464 e. The Morgan fingerprint density at radius 1 is 1.33 bits per heavy atom. The topological polar surface area (TPSA) is 94.6 Å². The SMILES string of the molecule is COCc1ccccc1NS(=O)(=O)c1cc(CN)oc1C. The first-order valence-corrected chi connectivity index (χ1v) is 7.85. The van der Waals surface area contributed by atoms with Gasteiger partial charge in [0.1, 0.15) is 16.4 Å². The Balaban J connectivity index is 2.35. The maximum Gasteiger partial charge on any atom is 0.265 e. The molecular formula is C14H18N2O4S. The summed E-state index contributed by atoms with van der Waals surface area (Å²) in [6.07, 6.45) is 0. The van der Waals surface area contributed by atoms with E-state index in [0.717, 1.165) is 5.56 Å². The zero-order valence-electron chi connectivity index (χ0n) is 11.9. The van der Waals surface area contributed by atoms with Gasteiger partial charge in [-0.15, -0.1) is 0 Å². The number of nitrogens with two attached hydrogens (primary N) is 1. The van der Waals surface area contributed by atoms with E-state index in [9.17, 15) is 8.42 Å². The summed E-state index contributed by atoms with van der Waals surface area (Å²) < 4.78 is 37.8. The molecule has 0 unspecified atom stereocenters. The van der Waals surface area contributed by atoms with Crippen LogP contribution in [0.1, 0.15) is 17.1 Å². The minimum atomic E-state index is -3.73. The fraction of sp³-hybridized carbons (Fsp3) is 0.286. The number of furan rings is 1. The van der Waals surface area contributed by atoms with Crippen LogP contribution in [0.4, 0.5) is 5.69 Å². The number of para-hydroxylation sites is 1. The van der Waals surface area contributed by atoms with Gasteiger partial charge in [-0.05, 0) is 13.0 Å². The van der Waals surface area contributed by atoms with Crippen LogP contribution in [0.5, 0.6) is 0 Å². The minimum absolute atomic E-state index is 0.0927. The Hall–Kier alpha value is -1.83. The molecule has 0 aliphatic carbocycles. The van der Waals surface area contributed by atoms with Gasteiger partial charge < -0.3 is 14.9 Å². The third-order valence-electron chi connectivity index (χ3n) is 2.98. The van der Waals surface area contributed by atoms with E-state index < -0.39 is 10.0 Å². The smallest absolute Gasteiger partial charge is 0.265 e. The number of anilines is 1. The average molecular weight is 310 g/mol.